The van der Waals surface area contributed by atoms with E-state index in [1.165, 1.54) is 6.42 Å². The second-order valence-corrected chi connectivity index (χ2v) is 5.03. The highest BCUT2D eigenvalue weighted by Gasteiger charge is 2.39. The highest BCUT2D eigenvalue weighted by molar-refractivity contribution is 5.76. The average molecular weight is 238 g/mol. The van der Waals surface area contributed by atoms with E-state index in [0.717, 1.165) is 6.42 Å². The standard InChI is InChI=1S/C13H18O4/c1-8(17-13(16)5-4-12(14)15)11-7-9-2-3-10(11)6-9/h2-3,8-11H,4-7H2,1H3,(H,14,15). The second-order valence-electron chi connectivity index (χ2n) is 5.03. The van der Waals surface area contributed by atoms with Crippen LogP contribution in [0.2, 0.25) is 0 Å². The zero-order valence-electron chi connectivity index (χ0n) is 9.96. The summed E-state index contributed by atoms with van der Waals surface area (Å²) in [5.41, 5.74) is 0. The normalized spacial score (nSPS) is 31.5. The van der Waals surface area contributed by atoms with Crippen molar-refractivity contribution in [1.29, 1.82) is 0 Å². The van der Waals surface area contributed by atoms with Gasteiger partial charge in [-0.2, -0.15) is 0 Å². The lowest BCUT2D eigenvalue weighted by atomic mass is 9.89. The smallest absolute Gasteiger partial charge is 0.306 e. The Bertz CT molecular complexity index is 347. The molecule has 1 fully saturated rings. The summed E-state index contributed by atoms with van der Waals surface area (Å²) < 4.78 is 5.30. The number of carboxylic acid groups (broad SMARTS) is 1. The fourth-order valence-electron chi connectivity index (χ4n) is 2.93. The molecule has 0 aromatic rings. The van der Waals surface area contributed by atoms with E-state index in [0.29, 0.717) is 17.8 Å². The summed E-state index contributed by atoms with van der Waals surface area (Å²) in [5.74, 6) is 0.260. The van der Waals surface area contributed by atoms with Crippen molar-refractivity contribution in [2.45, 2.75) is 38.7 Å². The molecule has 0 amide bonds. The molecule has 0 aromatic heterocycles. The zero-order valence-corrected chi connectivity index (χ0v) is 9.96. The van der Waals surface area contributed by atoms with E-state index in [1.54, 1.807) is 0 Å². The van der Waals surface area contributed by atoms with Crippen LogP contribution in [0, 0.1) is 17.8 Å². The molecule has 0 spiro atoms. The summed E-state index contributed by atoms with van der Waals surface area (Å²) >= 11 is 0. The first kappa shape index (κ1) is 12.1. The molecule has 4 nitrogen and oxygen atoms in total. The quantitative estimate of drug-likeness (QED) is 0.587. The lowest BCUT2D eigenvalue weighted by Gasteiger charge is -2.25. The van der Waals surface area contributed by atoms with Gasteiger partial charge in [-0.3, -0.25) is 9.59 Å². The second kappa shape index (κ2) is 4.90. The molecule has 2 aliphatic rings. The van der Waals surface area contributed by atoms with Gasteiger partial charge in [0.05, 0.1) is 12.8 Å². The zero-order chi connectivity index (χ0) is 12.4. The van der Waals surface area contributed by atoms with Crippen molar-refractivity contribution >= 4 is 11.9 Å². The minimum atomic E-state index is -0.961. The molecule has 0 aliphatic heterocycles. The third-order valence-corrected chi connectivity index (χ3v) is 3.79. The Morgan fingerprint density at radius 2 is 2.12 bits per heavy atom. The van der Waals surface area contributed by atoms with Crippen molar-refractivity contribution in [3.63, 3.8) is 0 Å². The number of carboxylic acids is 1. The highest BCUT2D eigenvalue weighted by Crippen LogP contribution is 2.45. The van der Waals surface area contributed by atoms with E-state index in [-0.39, 0.29) is 18.9 Å². The molecule has 0 aromatic carbocycles. The lowest BCUT2D eigenvalue weighted by Crippen LogP contribution is -2.27. The number of hydrogen-bond donors (Lipinski definition) is 1. The Morgan fingerprint density at radius 3 is 2.65 bits per heavy atom. The van der Waals surface area contributed by atoms with Crippen molar-refractivity contribution < 1.29 is 19.4 Å². The van der Waals surface area contributed by atoms with Gasteiger partial charge in [0.15, 0.2) is 0 Å². The maximum atomic E-state index is 11.4. The van der Waals surface area contributed by atoms with Crippen LogP contribution >= 0.6 is 0 Å². The van der Waals surface area contributed by atoms with Crippen LogP contribution in [-0.4, -0.2) is 23.1 Å². The molecule has 4 heteroatoms. The maximum Gasteiger partial charge on any atom is 0.306 e. The van der Waals surface area contributed by atoms with Gasteiger partial charge in [-0.05, 0) is 31.6 Å². The molecule has 4 atom stereocenters. The molecule has 17 heavy (non-hydrogen) atoms. The van der Waals surface area contributed by atoms with E-state index in [1.807, 2.05) is 6.92 Å². The van der Waals surface area contributed by atoms with Gasteiger partial charge in [-0.1, -0.05) is 12.2 Å². The molecule has 0 saturated heterocycles. The largest absolute Gasteiger partial charge is 0.481 e. The molecule has 4 unspecified atom stereocenters. The third kappa shape index (κ3) is 2.87. The molecule has 2 aliphatic carbocycles. The van der Waals surface area contributed by atoms with Crippen LogP contribution in [0.3, 0.4) is 0 Å². The Kier molecular flexibility index (Phi) is 3.50. The SMILES string of the molecule is CC(OC(=O)CCC(=O)O)C1CC2C=CC1C2. The fourth-order valence-corrected chi connectivity index (χ4v) is 2.93. The van der Waals surface area contributed by atoms with Crippen LogP contribution in [0.1, 0.15) is 32.6 Å². The summed E-state index contributed by atoms with van der Waals surface area (Å²) in [4.78, 5) is 21.8. The number of carbonyl (C=O) groups excluding carboxylic acids is 1. The van der Waals surface area contributed by atoms with Gasteiger partial charge in [0.2, 0.25) is 0 Å². The minimum Gasteiger partial charge on any atom is -0.481 e. The summed E-state index contributed by atoms with van der Waals surface area (Å²) in [5, 5.41) is 8.48. The maximum absolute atomic E-state index is 11.4. The first-order valence-electron chi connectivity index (χ1n) is 6.16. The van der Waals surface area contributed by atoms with Gasteiger partial charge >= 0.3 is 11.9 Å². The van der Waals surface area contributed by atoms with Gasteiger partial charge < -0.3 is 9.84 Å². The van der Waals surface area contributed by atoms with Crippen LogP contribution < -0.4 is 0 Å². The van der Waals surface area contributed by atoms with Crippen molar-refractivity contribution in [3.8, 4) is 0 Å². The molecule has 1 N–H and O–H groups in total. The van der Waals surface area contributed by atoms with Gasteiger partial charge in [0.25, 0.3) is 0 Å². The Morgan fingerprint density at radius 1 is 1.35 bits per heavy atom. The van der Waals surface area contributed by atoms with Gasteiger partial charge in [-0.25, -0.2) is 0 Å². The lowest BCUT2D eigenvalue weighted by molar-refractivity contribution is -0.153. The van der Waals surface area contributed by atoms with E-state index in [2.05, 4.69) is 12.2 Å². The van der Waals surface area contributed by atoms with Crippen LogP contribution in [0.15, 0.2) is 12.2 Å². The third-order valence-electron chi connectivity index (χ3n) is 3.79. The molecule has 0 radical (unpaired) electrons. The summed E-state index contributed by atoms with van der Waals surface area (Å²) in [6, 6.07) is 0. The fraction of sp³-hybridized carbons (Fsp3) is 0.692. The van der Waals surface area contributed by atoms with Gasteiger partial charge in [-0.15, -0.1) is 0 Å². The summed E-state index contributed by atoms with van der Waals surface area (Å²) in [7, 11) is 0. The van der Waals surface area contributed by atoms with Crippen molar-refractivity contribution in [2.75, 3.05) is 0 Å². The van der Waals surface area contributed by atoms with Crippen LogP contribution in [0.5, 0.6) is 0 Å². The highest BCUT2D eigenvalue weighted by atomic mass is 16.5. The molecular formula is C13H18O4. The molecule has 2 rings (SSSR count). The Balaban J connectivity index is 1.77. The Hall–Kier alpha value is -1.32. The molecule has 0 heterocycles. The number of fused-ring (bicyclic) bond motifs is 2. The van der Waals surface area contributed by atoms with E-state index in [9.17, 15) is 9.59 Å². The first-order valence-corrected chi connectivity index (χ1v) is 6.16. The number of allylic oxidation sites excluding steroid dienone is 2. The van der Waals surface area contributed by atoms with Crippen molar-refractivity contribution in [3.05, 3.63) is 12.2 Å². The predicted octanol–water partition coefficient (Wildman–Crippen LogP) is 2.00. The number of hydrogen-bond acceptors (Lipinski definition) is 3. The topological polar surface area (TPSA) is 63.6 Å². The monoisotopic (exact) mass is 238 g/mol. The first-order chi connectivity index (χ1) is 8.06. The van der Waals surface area contributed by atoms with Crippen LogP contribution in [0.25, 0.3) is 0 Å². The Labute approximate surface area is 101 Å². The summed E-state index contributed by atoms with van der Waals surface area (Å²) in [6.07, 6.45) is 6.46. The van der Waals surface area contributed by atoms with Crippen LogP contribution in [0.4, 0.5) is 0 Å². The van der Waals surface area contributed by atoms with Gasteiger partial charge in [0, 0.05) is 5.92 Å². The number of carbonyl (C=O) groups is 2. The van der Waals surface area contributed by atoms with E-state index in [4.69, 9.17) is 9.84 Å². The van der Waals surface area contributed by atoms with Crippen LogP contribution in [-0.2, 0) is 14.3 Å². The molecule has 94 valence electrons. The number of aliphatic carboxylic acids is 1. The number of ether oxygens (including phenoxy) is 1. The molecular weight excluding hydrogens is 220 g/mol. The number of esters is 1. The van der Waals surface area contributed by atoms with Gasteiger partial charge in [0.1, 0.15) is 6.10 Å². The minimum absolute atomic E-state index is 0.0314. The molecule has 2 bridgehead atoms. The van der Waals surface area contributed by atoms with Crippen molar-refractivity contribution in [1.82, 2.24) is 0 Å². The van der Waals surface area contributed by atoms with E-state index < -0.39 is 11.9 Å². The summed E-state index contributed by atoms with van der Waals surface area (Å²) in [6.45, 7) is 1.91. The predicted molar refractivity (Wildman–Crippen MR) is 61.3 cm³/mol. The molecule has 1 saturated carbocycles. The number of rotatable bonds is 5. The van der Waals surface area contributed by atoms with Crippen molar-refractivity contribution in [2.24, 2.45) is 17.8 Å². The van der Waals surface area contributed by atoms with E-state index >= 15 is 0 Å². The average Bonchev–Trinajstić information content (AvgIpc) is 2.87.